The maximum atomic E-state index is 11.9. The third-order valence-electron chi connectivity index (χ3n) is 4.70. The maximum absolute atomic E-state index is 11.9. The van der Waals surface area contributed by atoms with Gasteiger partial charge in [-0.2, -0.15) is 0 Å². The van der Waals surface area contributed by atoms with Gasteiger partial charge in [0.1, 0.15) is 11.6 Å². The molecule has 0 aliphatic carbocycles. The molecular weight excluding hydrogens is 304 g/mol. The van der Waals surface area contributed by atoms with Crippen LogP contribution < -0.4 is 4.74 Å². The average molecular weight is 328 g/mol. The second-order valence-electron chi connectivity index (χ2n) is 6.15. The summed E-state index contributed by atoms with van der Waals surface area (Å²) >= 11 is 0. The highest BCUT2D eigenvalue weighted by atomic mass is 16.5. The molecule has 0 saturated carbocycles. The van der Waals surface area contributed by atoms with E-state index in [1.807, 2.05) is 47.1 Å². The van der Waals surface area contributed by atoms with Gasteiger partial charge < -0.3 is 14.2 Å². The first kappa shape index (κ1) is 16.5. The quantitative estimate of drug-likeness (QED) is 0.859. The number of aromatic nitrogens is 2. The number of methoxy groups -OCH3 is 1. The summed E-state index contributed by atoms with van der Waals surface area (Å²) in [7, 11) is 3.69. The number of para-hydroxylation sites is 1. The molecule has 3 rings (SSSR count). The van der Waals surface area contributed by atoms with Gasteiger partial charge in [0.25, 0.3) is 0 Å². The first-order valence-corrected chi connectivity index (χ1v) is 8.19. The largest absolute Gasteiger partial charge is 0.496 e. The summed E-state index contributed by atoms with van der Waals surface area (Å²) in [4.78, 5) is 20.6. The monoisotopic (exact) mass is 328 g/mol. The number of amides is 1. The van der Waals surface area contributed by atoms with Crippen LogP contribution in [0, 0.1) is 0 Å². The predicted octanol–water partition coefficient (Wildman–Crippen LogP) is 1.83. The van der Waals surface area contributed by atoms with Gasteiger partial charge in [-0.1, -0.05) is 18.2 Å². The van der Waals surface area contributed by atoms with Crippen molar-refractivity contribution >= 4 is 5.91 Å². The molecule has 6 heteroatoms. The van der Waals surface area contributed by atoms with Crippen molar-refractivity contribution in [2.75, 3.05) is 26.7 Å². The van der Waals surface area contributed by atoms with Crippen LogP contribution in [0.4, 0.5) is 0 Å². The molecule has 2 aromatic rings. The van der Waals surface area contributed by atoms with Gasteiger partial charge in [0.2, 0.25) is 5.91 Å². The fourth-order valence-corrected chi connectivity index (χ4v) is 3.26. The van der Waals surface area contributed by atoms with Crippen molar-refractivity contribution in [2.24, 2.45) is 7.05 Å². The summed E-state index contributed by atoms with van der Waals surface area (Å²) in [6, 6.07) is 8.13. The lowest BCUT2D eigenvalue weighted by molar-refractivity contribution is -0.132. The van der Waals surface area contributed by atoms with Gasteiger partial charge in [-0.25, -0.2) is 4.98 Å². The van der Waals surface area contributed by atoms with Crippen molar-refractivity contribution in [1.29, 1.82) is 0 Å². The minimum Gasteiger partial charge on any atom is -0.496 e. The van der Waals surface area contributed by atoms with Crippen molar-refractivity contribution in [3.63, 3.8) is 0 Å². The molecule has 0 N–H and O–H groups in total. The minimum atomic E-state index is 0.0931. The zero-order valence-electron chi connectivity index (χ0n) is 14.5. The smallest absolute Gasteiger partial charge is 0.219 e. The van der Waals surface area contributed by atoms with E-state index >= 15 is 0 Å². The average Bonchev–Trinajstić information content (AvgIpc) is 3.00. The lowest BCUT2D eigenvalue weighted by Gasteiger charge is -2.41. The summed E-state index contributed by atoms with van der Waals surface area (Å²) < 4.78 is 7.59. The molecule has 1 saturated heterocycles. The van der Waals surface area contributed by atoms with Crippen LogP contribution in [-0.4, -0.2) is 52.0 Å². The van der Waals surface area contributed by atoms with Crippen molar-refractivity contribution in [2.45, 2.75) is 19.5 Å². The summed E-state index contributed by atoms with van der Waals surface area (Å²) in [6.45, 7) is 4.60. The summed E-state index contributed by atoms with van der Waals surface area (Å²) in [5, 5.41) is 0. The Morgan fingerprint density at radius 3 is 2.79 bits per heavy atom. The lowest BCUT2D eigenvalue weighted by Crippen LogP contribution is -2.49. The molecule has 0 unspecified atom stereocenters. The predicted molar refractivity (Wildman–Crippen MR) is 91.6 cm³/mol. The minimum absolute atomic E-state index is 0.0931. The van der Waals surface area contributed by atoms with E-state index in [1.54, 1.807) is 14.0 Å². The van der Waals surface area contributed by atoms with Crippen LogP contribution in [0.25, 0.3) is 0 Å². The molecule has 24 heavy (non-hydrogen) atoms. The van der Waals surface area contributed by atoms with Gasteiger partial charge in [-0.05, 0) is 6.07 Å². The van der Waals surface area contributed by atoms with Crippen LogP contribution in [0.5, 0.6) is 5.75 Å². The van der Waals surface area contributed by atoms with Crippen LogP contribution in [0.15, 0.2) is 36.7 Å². The van der Waals surface area contributed by atoms with Crippen LogP contribution in [0.3, 0.4) is 0 Å². The molecule has 128 valence electrons. The second kappa shape index (κ2) is 7.05. The summed E-state index contributed by atoms with van der Waals surface area (Å²) in [5.74, 6) is 2.00. The molecule has 1 fully saturated rings. The molecule has 0 bridgehead atoms. The first-order valence-electron chi connectivity index (χ1n) is 8.19. The van der Waals surface area contributed by atoms with E-state index < -0.39 is 0 Å². The zero-order chi connectivity index (χ0) is 17.1. The van der Waals surface area contributed by atoms with Crippen molar-refractivity contribution in [3.05, 3.63) is 48.0 Å². The van der Waals surface area contributed by atoms with E-state index in [2.05, 4.69) is 16.0 Å². The van der Waals surface area contributed by atoms with Gasteiger partial charge in [-0.15, -0.1) is 0 Å². The van der Waals surface area contributed by atoms with Crippen LogP contribution in [0.1, 0.15) is 24.4 Å². The van der Waals surface area contributed by atoms with E-state index in [1.165, 1.54) is 0 Å². The zero-order valence-corrected chi connectivity index (χ0v) is 14.5. The number of piperazine rings is 1. The Balaban J connectivity index is 1.91. The Hall–Kier alpha value is -2.34. The van der Waals surface area contributed by atoms with E-state index in [9.17, 15) is 4.79 Å². The molecule has 1 amide bonds. The van der Waals surface area contributed by atoms with E-state index in [-0.39, 0.29) is 11.9 Å². The van der Waals surface area contributed by atoms with Gasteiger partial charge in [-0.3, -0.25) is 9.69 Å². The van der Waals surface area contributed by atoms with Gasteiger partial charge in [0, 0.05) is 51.6 Å². The lowest BCUT2D eigenvalue weighted by atomic mass is 10.0. The molecule has 0 spiro atoms. The maximum Gasteiger partial charge on any atom is 0.219 e. The van der Waals surface area contributed by atoms with E-state index in [4.69, 9.17) is 4.74 Å². The second-order valence-corrected chi connectivity index (χ2v) is 6.15. The van der Waals surface area contributed by atoms with Gasteiger partial charge in [0.05, 0.1) is 19.7 Å². The molecule has 2 heterocycles. The normalized spacial score (nSPS) is 18.6. The Labute approximate surface area is 142 Å². The molecule has 1 aliphatic rings. The van der Waals surface area contributed by atoms with Crippen LogP contribution in [0.2, 0.25) is 0 Å². The Morgan fingerprint density at radius 2 is 2.12 bits per heavy atom. The SMILES string of the molecule is COc1ccccc1[C@@H]1CN(C(C)=O)CCN1Cc1nccn1C. The highest BCUT2D eigenvalue weighted by Crippen LogP contribution is 2.32. The summed E-state index contributed by atoms with van der Waals surface area (Å²) in [5.41, 5.74) is 1.11. The molecule has 6 nitrogen and oxygen atoms in total. The summed E-state index contributed by atoms with van der Waals surface area (Å²) in [6.07, 6.45) is 3.78. The molecule has 0 radical (unpaired) electrons. The highest BCUT2D eigenvalue weighted by molar-refractivity contribution is 5.73. The van der Waals surface area contributed by atoms with Crippen molar-refractivity contribution < 1.29 is 9.53 Å². The third kappa shape index (κ3) is 3.28. The van der Waals surface area contributed by atoms with E-state index in [0.717, 1.165) is 36.8 Å². The van der Waals surface area contributed by atoms with Crippen LogP contribution in [-0.2, 0) is 18.4 Å². The highest BCUT2D eigenvalue weighted by Gasteiger charge is 2.31. The Morgan fingerprint density at radius 1 is 1.33 bits per heavy atom. The number of carbonyl (C=O) groups is 1. The standard InChI is InChI=1S/C18H24N4O2/c1-14(23)21-10-11-22(13-18-19-8-9-20(18)2)16(12-21)15-6-4-5-7-17(15)24-3/h4-9,16H,10-13H2,1-3H3/t16-/m0/s1. The van der Waals surface area contributed by atoms with Gasteiger partial charge >= 0.3 is 0 Å². The Bertz CT molecular complexity index is 713. The molecule has 1 aromatic carbocycles. The third-order valence-corrected chi connectivity index (χ3v) is 4.70. The number of ether oxygens (including phenoxy) is 1. The first-order chi connectivity index (χ1) is 11.6. The number of imidazole rings is 1. The number of aryl methyl sites for hydroxylation is 1. The van der Waals surface area contributed by atoms with E-state index in [0.29, 0.717) is 6.54 Å². The fourth-order valence-electron chi connectivity index (χ4n) is 3.26. The topological polar surface area (TPSA) is 50.6 Å². The van der Waals surface area contributed by atoms with Crippen LogP contribution >= 0.6 is 0 Å². The van der Waals surface area contributed by atoms with Crippen molar-refractivity contribution in [1.82, 2.24) is 19.4 Å². The molecule has 1 atom stereocenters. The fraction of sp³-hybridized carbons (Fsp3) is 0.444. The molecule has 1 aliphatic heterocycles. The number of rotatable bonds is 4. The molecule has 1 aromatic heterocycles. The number of hydrogen-bond donors (Lipinski definition) is 0. The number of hydrogen-bond acceptors (Lipinski definition) is 4. The number of benzene rings is 1. The number of nitrogens with zero attached hydrogens (tertiary/aromatic N) is 4. The Kier molecular flexibility index (Phi) is 4.85. The van der Waals surface area contributed by atoms with Crippen molar-refractivity contribution in [3.8, 4) is 5.75 Å². The number of carbonyl (C=O) groups excluding carboxylic acids is 1. The molecular formula is C18H24N4O2. The van der Waals surface area contributed by atoms with Gasteiger partial charge in [0.15, 0.2) is 0 Å².